The molecule has 0 aliphatic rings. The number of aliphatic hydroxyl groups is 1. The van der Waals surface area contributed by atoms with Crippen LogP contribution >= 0.6 is 11.6 Å². The Hall–Kier alpha value is -0.420. The van der Waals surface area contributed by atoms with E-state index in [-0.39, 0.29) is 5.75 Å². The molecule has 0 saturated heterocycles. The van der Waals surface area contributed by atoms with Crippen LogP contribution in [0.15, 0.2) is 29.2 Å². The van der Waals surface area contributed by atoms with Gasteiger partial charge in [-0.2, -0.15) is 0 Å². The third-order valence-corrected chi connectivity index (χ3v) is 3.96. The van der Waals surface area contributed by atoms with Crippen LogP contribution in [0.1, 0.15) is 13.3 Å². The lowest BCUT2D eigenvalue weighted by Crippen LogP contribution is -2.31. The molecule has 5 heteroatoms. The van der Waals surface area contributed by atoms with E-state index in [1.807, 2.05) is 0 Å². The summed E-state index contributed by atoms with van der Waals surface area (Å²) < 4.78 is 11.9. The van der Waals surface area contributed by atoms with Gasteiger partial charge < -0.3 is 10.4 Å². The van der Waals surface area contributed by atoms with E-state index in [4.69, 9.17) is 11.6 Å². The molecule has 3 nitrogen and oxygen atoms in total. The van der Waals surface area contributed by atoms with Gasteiger partial charge in [0.2, 0.25) is 0 Å². The number of halogens is 1. The zero-order valence-corrected chi connectivity index (χ0v) is 11.4. The molecule has 0 fully saturated rings. The molecule has 0 spiro atoms. The minimum absolute atomic E-state index is 0.248. The molecule has 0 aromatic heterocycles. The largest absolute Gasteiger partial charge is 0.391 e. The van der Waals surface area contributed by atoms with Gasteiger partial charge in [-0.05, 0) is 37.2 Å². The molecule has 17 heavy (non-hydrogen) atoms. The molecule has 0 radical (unpaired) electrons. The first-order valence-corrected chi connectivity index (χ1v) is 7.36. The van der Waals surface area contributed by atoms with Crippen LogP contribution in [0.5, 0.6) is 0 Å². The van der Waals surface area contributed by atoms with Crippen LogP contribution in [0.4, 0.5) is 0 Å². The van der Waals surface area contributed by atoms with Gasteiger partial charge in [-0.15, -0.1) is 0 Å². The molecule has 0 saturated carbocycles. The first-order valence-electron chi connectivity index (χ1n) is 5.66. The summed E-state index contributed by atoms with van der Waals surface area (Å²) in [4.78, 5) is 0.698. The Kier molecular flexibility index (Phi) is 6.73. The maximum atomic E-state index is 11.9. The average Bonchev–Trinajstić information content (AvgIpc) is 2.30. The molecule has 1 aromatic rings. The van der Waals surface area contributed by atoms with E-state index in [1.54, 1.807) is 24.3 Å². The van der Waals surface area contributed by atoms with Gasteiger partial charge in [0.15, 0.2) is 0 Å². The highest BCUT2D eigenvalue weighted by atomic mass is 35.5. The Balaban J connectivity index is 2.40. The topological polar surface area (TPSA) is 49.3 Å². The summed E-state index contributed by atoms with van der Waals surface area (Å²) in [6, 6.07) is 6.86. The molecule has 1 aromatic carbocycles. The predicted molar refractivity (Wildman–Crippen MR) is 71.9 cm³/mol. The van der Waals surface area contributed by atoms with Gasteiger partial charge in [-0.1, -0.05) is 18.5 Å². The van der Waals surface area contributed by atoms with Crippen molar-refractivity contribution in [2.24, 2.45) is 0 Å². The fourth-order valence-corrected chi connectivity index (χ4v) is 2.59. The molecule has 0 aliphatic carbocycles. The minimum atomic E-state index is -1.18. The second kappa shape index (κ2) is 7.82. The summed E-state index contributed by atoms with van der Waals surface area (Å²) in [6.07, 6.45) is 0.436. The summed E-state index contributed by atoms with van der Waals surface area (Å²) in [5.74, 6) is 0.248. The maximum Gasteiger partial charge on any atom is 0.0783 e. The summed E-state index contributed by atoms with van der Waals surface area (Å²) in [6.45, 7) is 3.41. The van der Waals surface area contributed by atoms with Gasteiger partial charge in [0.1, 0.15) is 0 Å². The van der Waals surface area contributed by atoms with Crippen LogP contribution in [0.3, 0.4) is 0 Å². The van der Waals surface area contributed by atoms with Crippen molar-refractivity contribution in [2.45, 2.75) is 24.3 Å². The van der Waals surface area contributed by atoms with E-state index in [0.29, 0.717) is 16.5 Å². The van der Waals surface area contributed by atoms with Crippen LogP contribution in [0.2, 0.25) is 5.02 Å². The predicted octanol–water partition coefficient (Wildman–Crippen LogP) is 1.81. The van der Waals surface area contributed by atoms with E-state index in [0.717, 1.165) is 13.0 Å². The smallest absolute Gasteiger partial charge is 0.0783 e. The van der Waals surface area contributed by atoms with Crippen LogP contribution in [-0.2, 0) is 10.8 Å². The Morgan fingerprint density at radius 2 is 2.06 bits per heavy atom. The normalized spacial score (nSPS) is 14.5. The van der Waals surface area contributed by atoms with Crippen molar-refractivity contribution >= 4 is 22.4 Å². The third kappa shape index (κ3) is 5.64. The van der Waals surface area contributed by atoms with Gasteiger partial charge in [-0.25, -0.2) is 0 Å². The van der Waals surface area contributed by atoms with Gasteiger partial charge in [-0.3, -0.25) is 4.21 Å². The molecule has 0 aliphatic heterocycles. The van der Waals surface area contributed by atoms with Crippen LogP contribution in [0.25, 0.3) is 0 Å². The van der Waals surface area contributed by atoms with Crippen molar-refractivity contribution in [1.82, 2.24) is 5.32 Å². The number of aliphatic hydroxyl groups excluding tert-OH is 1. The van der Waals surface area contributed by atoms with Gasteiger partial charge in [0.25, 0.3) is 0 Å². The van der Waals surface area contributed by atoms with Crippen molar-refractivity contribution in [3.8, 4) is 0 Å². The highest BCUT2D eigenvalue weighted by molar-refractivity contribution is 7.85. The average molecular weight is 276 g/mol. The zero-order chi connectivity index (χ0) is 12.7. The first kappa shape index (κ1) is 14.6. The lowest BCUT2D eigenvalue weighted by atomic mass is 10.4. The minimum Gasteiger partial charge on any atom is -0.391 e. The first-order chi connectivity index (χ1) is 8.13. The maximum absolute atomic E-state index is 11.9. The Morgan fingerprint density at radius 1 is 1.41 bits per heavy atom. The Morgan fingerprint density at radius 3 is 2.65 bits per heavy atom. The lowest BCUT2D eigenvalue weighted by Gasteiger charge is -2.11. The van der Waals surface area contributed by atoms with E-state index in [1.165, 1.54) is 0 Å². The number of hydrogen-bond donors (Lipinski definition) is 2. The monoisotopic (exact) mass is 275 g/mol. The quantitative estimate of drug-likeness (QED) is 0.746. The second-order valence-electron chi connectivity index (χ2n) is 3.82. The van der Waals surface area contributed by atoms with Crippen molar-refractivity contribution < 1.29 is 9.32 Å². The van der Waals surface area contributed by atoms with Crippen molar-refractivity contribution in [3.05, 3.63) is 29.3 Å². The van der Waals surface area contributed by atoms with E-state index in [9.17, 15) is 9.32 Å². The molecule has 96 valence electrons. The fourth-order valence-electron chi connectivity index (χ4n) is 1.36. The lowest BCUT2D eigenvalue weighted by molar-refractivity contribution is 0.195. The van der Waals surface area contributed by atoms with E-state index in [2.05, 4.69) is 12.2 Å². The Bertz CT molecular complexity index is 356. The summed E-state index contributed by atoms with van der Waals surface area (Å²) in [5, 5.41) is 13.4. The molecule has 2 N–H and O–H groups in total. The second-order valence-corrected chi connectivity index (χ2v) is 5.76. The molecule has 2 atom stereocenters. The summed E-state index contributed by atoms with van der Waals surface area (Å²) in [7, 11) is -1.18. The number of rotatable bonds is 7. The summed E-state index contributed by atoms with van der Waals surface area (Å²) in [5.41, 5.74) is 0. The van der Waals surface area contributed by atoms with Gasteiger partial charge >= 0.3 is 0 Å². The standard InChI is InChI=1S/C12H18ClNO2S/c1-2-7-14-8-11(15)9-17(16)12-5-3-10(13)4-6-12/h3-6,11,14-15H,2,7-9H2,1H3. The molecule has 2 unspecified atom stereocenters. The Labute approximate surface area is 110 Å². The van der Waals surface area contributed by atoms with E-state index >= 15 is 0 Å². The molecule has 1 rings (SSSR count). The van der Waals surface area contributed by atoms with Crippen molar-refractivity contribution in [3.63, 3.8) is 0 Å². The van der Waals surface area contributed by atoms with Gasteiger partial charge in [0, 0.05) is 16.5 Å². The van der Waals surface area contributed by atoms with Crippen LogP contribution in [-0.4, -0.2) is 34.3 Å². The molecule has 0 amide bonds. The molecule has 0 heterocycles. The molecular weight excluding hydrogens is 258 g/mol. The number of benzene rings is 1. The van der Waals surface area contributed by atoms with Crippen molar-refractivity contribution in [2.75, 3.05) is 18.8 Å². The number of hydrogen-bond acceptors (Lipinski definition) is 3. The van der Waals surface area contributed by atoms with Gasteiger partial charge in [0.05, 0.1) is 22.7 Å². The van der Waals surface area contributed by atoms with E-state index < -0.39 is 16.9 Å². The number of nitrogens with one attached hydrogen (secondary N) is 1. The highest BCUT2D eigenvalue weighted by Gasteiger charge is 2.10. The fraction of sp³-hybridized carbons (Fsp3) is 0.500. The third-order valence-electron chi connectivity index (χ3n) is 2.23. The molecule has 0 bridgehead atoms. The summed E-state index contributed by atoms with van der Waals surface area (Å²) >= 11 is 5.75. The SMILES string of the molecule is CCCNCC(O)CS(=O)c1ccc(Cl)cc1. The zero-order valence-electron chi connectivity index (χ0n) is 9.86. The highest BCUT2D eigenvalue weighted by Crippen LogP contribution is 2.13. The molecular formula is C12H18ClNO2S. The van der Waals surface area contributed by atoms with Crippen LogP contribution < -0.4 is 5.32 Å². The van der Waals surface area contributed by atoms with Crippen LogP contribution in [0, 0.1) is 0 Å². The van der Waals surface area contributed by atoms with Crippen molar-refractivity contribution in [1.29, 1.82) is 0 Å².